The average molecular weight is 306 g/mol. The molecule has 0 saturated heterocycles. The Bertz CT molecular complexity index is 604. The molecule has 0 aliphatic rings. The molecule has 0 spiro atoms. The molecule has 1 aromatic heterocycles. The number of aryl methyl sites for hydroxylation is 3. The maximum atomic E-state index is 11.8. The first kappa shape index (κ1) is 15.6. The fourth-order valence-electron chi connectivity index (χ4n) is 2.19. The van der Waals surface area contributed by atoms with E-state index in [2.05, 4.69) is 10.4 Å². The van der Waals surface area contributed by atoms with Gasteiger partial charge in [-0.05, 0) is 44.0 Å². The van der Waals surface area contributed by atoms with Gasteiger partial charge in [0.15, 0.2) is 0 Å². The van der Waals surface area contributed by atoms with Crippen molar-refractivity contribution in [2.45, 2.75) is 33.2 Å². The monoisotopic (exact) mass is 305 g/mol. The van der Waals surface area contributed by atoms with Crippen molar-refractivity contribution in [3.05, 3.63) is 52.3 Å². The molecular weight excluding hydrogens is 286 g/mol. The molecule has 1 heterocycles. The van der Waals surface area contributed by atoms with Gasteiger partial charge in [0.2, 0.25) is 5.91 Å². The molecule has 0 bridgehead atoms. The summed E-state index contributed by atoms with van der Waals surface area (Å²) in [5.74, 6) is 0.0523. The zero-order valence-corrected chi connectivity index (χ0v) is 13.2. The van der Waals surface area contributed by atoms with Crippen LogP contribution in [0.5, 0.6) is 0 Å². The Hall–Kier alpha value is -1.81. The number of nitrogens with one attached hydrogen (secondary N) is 1. The topological polar surface area (TPSA) is 46.9 Å². The lowest BCUT2D eigenvalue weighted by Crippen LogP contribution is -2.26. The third-order valence-electron chi connectivity index (χ3n) is 3.30. The number of carbonyl (C=O) groups excluding carboxylic acids is 1. The van der Waals surface area contributed by atoms with Crippen LogP contribution in [0.15, 0.2) is 30.3 Å². The molecule has 1 N–H and O–H groups in total. The normalized spacial score (nSPS) is 10.6. The van der Waals surface area contributed by atoms with E-state index >= 15 is 0 Å². The minimum Gasteiger partial charge on any atom is -0.356 e. The van der Waals surface area contributed by atoms with Crippen LogP contribution >= 0.6 is 11.6 Å². The van der Waals surface area contributed by atoms with Crippen molar-refractivity contribution in [3.8, 4) is 0 Å². The van der Waals surface area contributed by atoms with E-state index in [9.17, 15) is 4.79 Å². The fourth-order valence-corrected chi connectivity index (χ4v) is 2.32. The van der Waals surface area contributed by atoms with Crippen LogP contribution in [0.3, 0.4) is 0 Å². The predicted molar refractivity (Wildman–Crippen MR) is 84.5 cm³/mol. The summed E-state index contributed by atoms with van der Waals surface area (Å²) in [6.07, 6.45) is 1.26. The number of aromatic nitrogens is 2. The van der Waals surface area contributed by atoms with Gasteiger partial charge in [0.25, 0.3) is 0 Å². The van der Waals surface area contributed by atoms with Crippen LogP contribution in [-0.4, -0.2) is 22.2 Å². The Balaban J connectivity index is 1.70. The van der Waals surface area contributed by atoms with Gasteiger partial charge in [-0.25, -0.2) is 0 Å². The number of halogens is 1. The van der Waals surface area contributed by atoms with E-state index in [1.54, 1.807) is 0 Å². The maximum Gasteiger partial charge on any atom is 0.221 e. The fraction of sp³-hybridized carbons (Fsp3) is 0.375. The molecule has 0 atom stereocenters. The first-order chi connectivity index (χ1) is 10.0. The molecule has 21 heavy (non-hydrogen) atoms. The Kier molecular flexibility index (Phi) is 5.39. The van der Waals surface area contributed by atoms with Crippen molar-refractivity contribution >= 4 is 17.5 Å². The molecule has 0 unspecified atom stereocenters. The first-order valence-electron chi connectivity index (χ1n) is 7.07. The molecule has 0 fully saturated rings. The molecule has 0 radical (unpaired) electrons. The summed E-state index contributed by atoms with van der Waals surface area (Å²) in [6, 6.07) is 9.69. The van der Waals surface area contributed by atoms with Gasteiger partial charge in [0.1, 0.15) is 0 Å². The van der Waals surface area contributed by atoms with Gasteiger partial charge in [-0.15, -0.1) is 0 Å². The third-order valence-corrected chi connectivity index (χ3v) is 3.56. The maximum absolute atomic E-state index is 11.8. The van der Waals surface area contributed by atoms with Crippen molar-refractivity contribution in [2.24, 2.45) is 0 Å². The zero-order chi connectivity index (χ0) is 15.2. The van der Waals surface area contributed by atoms with E-state index in [-0.39, 0.29) is 5.91 Å². The van der Waals surface area contributed by atoms with Crippen LogP contribution in [0.4, 0.5) is 0 Å². The first-order valence-corrected chi connectivity index (χ1v) is 7.44. The van der Waals surface area contributed by atoms with Crippen molar-refractivity contribution < 1.29 is 4.79 Å². The number of rotatable bonds is 6. The number of carbonyl (C=O) groups is 1. The molecular formula is C16H20ClN3O. The highest BCUT2D eigenvalue weighted by Gasteiger charge is 2.05. The Morgan fingerprint density at radius 2 is 2.00 bits per heavy atom. The molecule has 1 amide bonds. The molecule has 0 aliphatic heterocycles. The highest BCUT2D eigenvalue weighted by atomic mass is 35.5. The molecule has 1 aromatic carbocycles. The molecule has 5 heteroatoms. The minimum absolute atomic E-state index is 0.0523. The Morgan fingerprint density at radius 3 is 2.62 bits per heavy atom. The summed E-state index contributed by atoms with van der Waals surface area (Å²) < 4.78 is 1.87. The van der Waals surface area contributed by atoms with Crippen LogP contribution in [-0.2, 0) is 17.8 Å². The Morgan fingerprint density at radius 1 is 1.29 bits per heavy atom. The lowest BCUT2D eigenvalue weighted by Gasteiger charge is -2.07. The summed E-state index contributed by atoms with van der Waals surface area (Å²) in [5, 5.41) is 8.00. The summed E-state index contributed by atoms with van der Waals surface area (Å²) in [7, 11) is 0. The number of amides is 1. The summed E-state index contributed by atoms with van der Waals surface area (Å²) in [4.78, 5) is 11.8. The third kappa shape index (κ3) is 4.90. The van der Waals surface area contributed by atoms with E-state index < -0.39 is 0 Å². The van der Waals surface area contributed by atoms with E-state index in [1.807, 2.05) is 48.9 Å². The van der Waals surface area contributed by atoms with E-state index in [0.717, 1.165) is 22.8 Å². The number of hydrogen-bond acceptors (Lipinski definition) is 2. The zero-order valence-electron chi connectivity index (χ0n) is 12.4. The Labute approximate surface area is 130 Å². The predicted octanol–water partition coefficient (Wildman–Crippen LogP) is 2.90. The van der Waals surface area contributed by atoms with Crippen LogP contribution in [0.2, 0.25) is 5.02 Å². The lowest BCUT2D eigenvalue weighted by molar-refractivity contribution is -0.121. The van der Waals surface area contributed by atoms with Crippen LogP contribution < -0.4 is 5.32 Å². The van der Waals surface area contributed by atoms with Gasteiger partial charge < -0.3 is 5.32 Å². The molecule has 2 aromatic rings. The molecule has 4 nitrogen and oxygen atoms in total. The van der Waals surface area contributed by atoms with Crippen molar-refractivity contribution in [1.82, 2.24) is 15.1 Å². The second-order valence-corrected chi connectivity index (χ2v) is 5.56. The second-order valence-electron chi connectivity index (χ2n) is 5.13. The van der Waals surface area contributed by atoms with E-state index in [4.69, 9.17) is 11.6 Å². The van der Waals surface area contributed by atoms with Crippen molar-refractivity contribution in [1.29, 1.82) is 0 Å². The minimum atomic E-state index is 0.0523. The van der Waals surface area contributed by atoms with Crippen molar-refractivity contribution in [3.63, 3.8) is 0 Å². The van der Waals surface area contributed by atoms with E-state index in [1.165, 1.54) is 5.56 Å². The average Bonchev–Trinajstić information content (AvgIpc) is 2.77. The largest absolute Gasteiger partial charge is 0.356 e. The van der Waals surface area contributed by atoms with E-state index in [0.29, 0.717) is 19.5 Å². The van der Waals surface area contributed by atoms with Gasteiger partial charge in [-0.1, -0.05) is 23.7 Å². The number of benzene rings is 1. The van der Waals surface area contributed by atoms with Gasteiger partial charge in [0.05, 0.1) is 5.69 Å². The van der Waals surface area contributed by atoms with Gasteiger partial charge >= 0.3 is 0 Å². The summed E-state index contributed by atoms with van der Waals surface area (Å²) >= 11 is 5.83. The highest BCUT2D eigenvalue weighted by Crippen LogP contribution is 2.09. The molecule has 0 aliphatic carbocycles. The number of hydrogen-bond donors (Lipinski definition) is 1. The van der Waals surface area contributed by atoms with Gasteiger partial charge in [0, 0.05) is 30.2 Å². The van der Waals surface area contributed by atoms with Crippen LogP contribution in [0, 0.1) is 13.8 Å². The SMILES string of the molecule is Cc1cc(C)n(CCC(=O)NCCc2ccc(Cl)cc2)n1. The highest BCUT2D eigenvalue weighted by molar-refractivity contribution is 6.30. The smallest absolute Gasteiger partial charge is 0.221 e. The molecule has 2 rings (SSSR count). The van der Waals surface area contributed by atoms with Crippen LogP contribution in [0.1, 0.15) is 23.4 Å². The lowest BCUT2D eigenvalue weighted by atomic mass is 10.1. The second kappa shape index (κ2) is 7.27. The van der Waals surface area contributed by atoms with Gasteiger partial charge in [-0.3, -0.25) is 9.48 Å². The quantitative estimate of drug-likeness (QED) is 0.892. The van der Waals surface area contributed by atoms with Crippen LogP contribution in [0.25, 0.3) is 0 Å². The number of nitrogens with zero attached hydrogens (tertiary/aromatic N) is 2. The molecule has 112 valence electrons. The summed E-state index contributed by atoms with van der Waals surface area (Å²) in [5.41, 5.74) is 3.23. The van der Waals surface area contributed by atoms with Gasteiger partial charge in [-0.2, -0.15) is 5.10 Å². The molecule has 0 saturated carbocycles. The van der Waals surface area contributed by atoms with Crippen molar-refractivity contribution in [2.75, 3.05) is 6.54 Å². The summed E-state index contributed by atoms with van der Waals surface area (Å²) in [6.45, 7) is 5.21. The standard InChI is InChI=1S/C16H20ClN3O/c1-12-11-13(2)20(19-12)10-8-16(21)18-9-7-14-3-5-15(17)6-4-14/h3-6,11H,7-10H2,1-2H3,(H,18,21).